The van der Waals surface area contributed by atoms with Crippen LogP contribution in [0.1, 0.15) is 30.5 Å². The van der Waals surface area contributed by atoms with E-state index in [9.17, 15) is 0 Å². The van der Waals surface area contributed by atoms with Crippen LogP contribution in [0.2, 0.25) is 5.02 Å². The molecule has 4 heteroatoms. The van der Waals surface area contributed by atoms with Crippen molar-refractivity contribution in [2.75, 3.05) is 0 Å². The number of aliphatic imine (C=N–C) groups is 1. The Morgan fingerprint density at radius 3 is 2.67 bits per heavy atom. The number of halogens is 1. The van der Waals surface area contributed by atoms with Crippen molar-refractivity contribution >= 4 is 23.0 Å². The summed E-state index contributed by atoms with van der Waals surface area (Å²) < 4.78 is 0. The molecule has 0 saturated carbocycles. The van der Waals surface area contributed by atoms with Crippen LogP contribution in [0.3, 0.4) is 0 Å². The summed E-state index contributed by atoms with van der Waals surface area (Å²) in [5.41, 5.74) is 5.11. The molecule has 0 spiro atoms. The molecule has 1 N–H and O–H groups in total. The highest BCUT2D eigenvalue weighted by molar-refractivity contribution is 6.33. The Labute approximate surface area is 111 Å². The quantitative estimate of drug-likeness (QED) is 0.832. The second-order valence-corrected chi connectivity index (χ2v) is 5.57. The van der Waals surface area contributed by atoms with Gasteiger partial charge in [0.15, 0.2) is 0 Å². The Morgan fingerprint density at radius 1 is 1.28 bits per heavy atom. The summed E-state index contributed by atoms with van der Waals surface area (Å²) in [6.45, 7) is 6.36. The second kappa shape index (κ2) is 3.69. The van der Waals surface area contributed by atoms with Gasteiger partial charge in [0.05, 0.1) is 17.6 Å². The molecule has 0 saturated heterocycles. The van der Waals surface area contributed by atoms with E-state index in [1.54, 1.807) is 6.20 Å². The van der Waals surface area contributed by atoms with Gasteiger partial charge >= 0.3 is 0 Å². The predicted octanol–water partition coefficient (Wildman–Crippen LogP) is 3.78. The lowest BCUT2D eigenvalue weighted by Gasteiger charge is -2.22. The average Bonchev–Trinajstić information content (AvgIpc) is 2.89. The number of aromatic nitrogens is 2. The lowest BCUT2D eigenvalue weighted by Crippen LogP contribution is -2.26. The predicted molar refractivity (Wildman–Crippen MR) is 74.0 cm³/mol. The molecule has 1 aliphatic heterocycles. The van der Waals surface area contributed by atoms with Gasteiger partial charge < -0.3 is 0 Å². The molecule has 0 unspecified atom stereocenters. The number of hydrogen-bond donors (Lipinski definition) is 1. The SMILES string of the molecule is Cc1ccc(Cl)c2c1N=C(c1cn[nH]c1)C2(C)C. The first kappa shape index (κ1) is 11.5. The minimum Gasteiger partial charge on any atom is -0.285 e. The molecule has 2 aromatic rings. The fraction of sp³-hybridized carbons (Fsp3) is 0.286. The van der Waals surface area contributed by atoms with E-state index in [4.69, 9.17) is 16.6 Å². The fourth-order valence-corrected chi connectivity index (χ4v) is 2.97. The lowest BCUT2D eigenvalue weighted by atomic mass is 9.79. The molecule has 0 fully saturated rings. The van der Waals surface area contributed by atoms with E-state index in [0.29, 0.717) is 0 Å². The highest BCUT2D eigenvalue weighted by Gasteiger charge is 2.38. The summed E-state index contributed by atoms with van der Waals surface area (Å²) in [5.74, 6) is 0. The zero-order valence-electron chi connectivity index (χ0n) is 10.6. The molecule has 1 aromatic carbocycles. The maximum Gasteiger partial charge on any atom is 0.0719 e. The topological polar surface area (TPSA) is 41.0 Å². The highest BCUT2D eigenvalue weighted by Crippen LogP contribution is 2.46. The largest absolute Gasteiger partial charge is 0.285 e. The minimum atomic E-state index is -0.192. The monoisotopic (exact) mass is 259 g/mol. The highest BCUT2D eigenvalue weighted by atomic mass is 35.5. The van der Waals surface area contributed by atoms with Crippen molar-refractivity contribution < 1.29 is 0 Å². The van der Waals surface area contributed by atoms with Gasteiger partial charge in [-0.1, -0.05) is 17.7 Å². The smallest absolute Gasteiger partial charge is 0.0719 e. The summed E-state index contributed by atoms with van der Waals surface area (Å²) in [6, 6.07) is 3.96. The van der Waals surface area contributed by atoms with E-state index in [2.05, 4.69) is 31.0 Å². The molecule has 0 aliphatic carbocycles. The van der Waals surface area contributed by atoms with Crippen molar-refractivity contribution in [3.63, 3.8) is 0 Å². The second-order valence-electron chi connectivity index (χ2n) is 5.16. The van der Waals surface area contributed by atoms with E-state index >= 15 is 0 Å². The third-order valence-electron chi connectivity index (χ3n) is 3.54. The molecule has 92 valence electrons. The number of H-pyrrole nitrogens is 1. The van der Waals surface area contributed by atoms with Gasteiger partial charge in [0.25, 0.3) is 0 Å². The summed E-state index contributed by atoms with van der Waals surface area (Å²) in [7, 11) is 0. The van der Waals surface area contributed by atoms with Crippen molar-refractivity contribution in [1.82, 2.24) is 10.2 Å². The van der Waals surface area contributed by atoms with Crippen LogP contribution in [0.4, 0.5) is 5.69 Å². The summed E-state index contributed by atoms with van der Waals surface area (Å²) >= 11 is 6.36. The van der Waals surface area contributed by atoms with Crippen LogP contribution in [-0.2, 0) is 5.41 Å². The van der Waals surface area contributed by atoms with Crippen LogP contribution in [0, 0.1) is 6.92 Å². The van der Waals surface area contributed by atoms with Gasteiger partial charge in [0, 0.05) is 27.8 Å². The van der Waals surface area contributed by atoms with Crippen LogP contribution in [0.25, 0.3) is 0 Å². The Bertz CT molecular complexity index is 639. The Balaban J connectivity index is 2.27. The molecular weight excluding hydrogens is 246 g/mol. The van der Waals surface area contributed by atoms with E-state index in [0.717, 1.165) is 33.1 Å². The van der Waals surface area contributed by atoms with Gasteiger partial charge in [-0.3, -0.25) is 10.1 Å². The third-order valence-corrected chi connectivity index (χ3v) is 3.86. The van der Waals surface area contributed by atoms with Gasteiger partial charge in [-0.15, -0.1) is 0 Å². The van der Waals surface area contributed by atoms with Crippen LogP contribution in [0.15, 0.2) is 29.5 Å². The number of aromatic amines is 1. The van der Waals surface area contributed by atoms with Gasteiger partial charge in [-0.05, 0) is 32.4 Å². The molecule has 0 radical (unpaired) electrons. The zero-order valence-corrected chi connectivity index (χ0v) is 11.3. The Kier molecular flexibility index (Phi) is 2.35. The van der Waals surface area contributed by atoms with E-state index in [-0.39, 0.29) is 5.41 Å². The molecule has 3 rings (SSSR count). The number of fused-ring (bicyclic) bond motifs is 1. The number of hydrogen-bond acceptors (Lipinski definition) is 2. The van der Waals surface area contributed by atoms with E-state index in [1.807, 2.05) is 18.3 Å². The third kappa shape index (κ3) is 1.44. The maximum absolute atomic E-state index is 6.36. The van der Waals surface area contributed by atoms with Gasteiger partial charge in [0.1, 0.15) is 0 Å². The number of aryl methyl sites for hydroxylation is 1. The first-order chi connectivity index (χ1) is 8.51. The number of benzene rings is 1. The molecule has 1 aromatic heterocycles. The molecule has 0 amide bonds. The molecule has 2 heterocycles. The summed E-state index contributed by atoms with van der Waals surface area (Å²) in [4.78, 5) is 4.78. The van der Waals surface area contributed by atoms with Crippen molar-refractivity contribution in [2.24, 2.45) is 4.99 Å². The molecular formula is C14H14ClN3. The Hall–Kier alpha value is -1.61. The summed E-state index contributed by atoms with van der Waals surface area (Å²) in [5, 5.41) is 7.62. The first-order valence-corrected chi connectivity index (χ1v) is 6.27. The fourth-order valence-electron chi connectivity index (χ4n) is 2.59. The molecule has 1 aliphatic rings. The normalized spacial score (nSPS) is 16.6. The average molecular weight is 260 g/mol. The molecule has 0 atom stereocenters. The number of nitrogens with one attached hydrogen (secondary N) is 1. The van der Waals surface area contributed by atoms with Gasteiger partial charge in [-0.25, -0.2) is 0 Å². The van der Waals surface area contributed by atoms with Crippen LogP contribution < -0.4 is 0 Å². The first-order valence-electron chi connectivity index (χ1n) is 5.89. The zero-order chi connectivity index (χ0) is 12.9. The lowest BCUT2D eigenvalue weighted by molar-refractivity contribution is 0.737. The molecule has 3 nitrogen and oxygen atoms in total. The van der Waals surface area contributed by atoms with E-state index < -0.39 is 0 Å². The van der Waals surface area contributed by atoms with Crippen LogP contribution in [0.5, 0.6) is 0 Å². The summed E-state index contributed by atoms with van der Waals surface area (Å²) in [6.07, 6.45) is 3.67. The standard InChI is InChI=1S/C14H14ClN3/c1-8-4-5-10(15)11-12(8)18-13(14(11,2)3)9-6-16-17-7-9/h4-7H,1-3H3,(H,16,17). The maximum atomic E-state index is 6.36. The van der Waals surface area contributed by atoms with Crippen molar-refractivity contribution in [3.05, 3.63) is 46.2 Å². The number of rotatable bonds is 1. The van der Waals surface area contributed by atoms with Gasteiger partial charge in [0.2, 0.25) is 0 Å². The van der Waals surface area contributed by atoms with Crippen molar-refractivity contribution in [2.45, 2.75) is 26.2 Å². The Morgan fingerprint density at radius 2 is 2.06 bits per heavy atom. The molecule has 18 heavy (non-hydrogen) atoms. The minimum absolute atomic E-state index is 0.192. The van der Waals surface area contributed by atoms with Crippen molar-refractivity contribution in [1.29, 1.82) is 0 Å². The van der Waals surface area contributed by atoms with E-state index in [1.165, 1.54) is 0 Å². The van der Waals surface area contributed by atoms with Crippen molar-refractivity contribution in [3.8, 4) is 0 Å². The molecule has 0 bridgehead atoms. The number of nitrogens with zero attached hydrogens (tertiary/aromatic N) is 2. The van der Waals surface area contributed by atoms with Crippen LogP contribution >= 0.6 is 11.6 Å². The van der Waals surface area contributed by atoms with Crippen LogP contribution in [-0.4, -0.2) is 15.9 Å². The van der Waals surface area contributed by atoms with Gasteiger partial charge in [-0.2, -0.15) is 5.10 Å².